The first kappa shape index (κ1) is 13.5. The number of benzene rings is 1. The lowest BCUT2D eigenvalue weighted by Gasteiger charge is -2.14. The number of likely N-dealkylation sites (tertiary alicyclic amines) is 1. The molecule has 1 aliphatic rings. The van der Waals surface area contributed by atoms with Crippen LogP contribution in [0.5, 0.6) is 0 Å². The van der Waals surface area contributed by atoms with Gasteiger partial charge in [-0.3, -0.25) is 9.88 Å². The van der Waals surface area contributed by atoms with Crippen LogP contribution in [0.2, 0.25) is 0 Å². The standard InChI is InChI=1S/C18H20N4/c1-2-4-17-16(3-1)10-15(11-21-17)9-14-5-8-22(12-14)13-18-19-6-7-20-18/h1-4,6-7,10-11,14H,5,8-9,12-13H2,(H,19,20)/t14-/m0/s1. The van der Waals surface area contributed by atoms with Crippen LogP contribution in [0.3, 0.4) is 0 Å². The first-order chi connectivity index (χ1) is 10.9. The van der Waals surface area contributed by atoms with E-state index in [0.29, 0.717) is 0 Å². The van der Waals surface area contributed by atoms with Gasteiger partial charge >= 0.3 is 0 Å². The van der Waals surface area contributed by atoms with E-state index in [-0.39, 0.29) is 0 Å². The van der Waals surface area contributed by atoms with Gasteiger partial charge < -0.3 is 4.98 Å². The number of fused-ring (bicyclic) bond motifs is 1. The predicted molar refractivity (Wildman–Crippen MR) is 87.4 cm³/mol. The lowest BCUT2D eigenvalue weighted by molar-refractivity contribution is 0.309. The predicted octanol–water partition coefficient (Wildman–Crippen LogP) is 3.02. The summed E-state index contributed by atoms with van der Waals surface area (Å²) < 4.78 is 0. The first-order valence-electron chi connectivity index (χ1n) is 7.91. The number of nitrogens with zero attached hydrogens (tertiary/aromatic N) is 3. The summed E-state index contributed by atoms with van der Waals surface area (Å²) >= 11 is 0. The van der Waals surface area contributed by atoms with Crippen LogP contribution in [0.1, 0.15) is 17.8 Å². The van der Waals surface area contributed by atoms with E-state index in [2.05, 4.69) is 44.1 Å². The van der Waals surface area contributed by atoms with Gasteiger partial charge in [0, 0.05) is 30.5 Å². The fourth-order valence-corrected chi connectivity index (χ4v) is 3.38. The van der Waals surface area contributed by atoms with Crippen molar-refractivity contribution in [2.75, 3.05) is 13.1 Å². The molecule has 1 atom stereocenters. The molecule has 0 unspecified atom stereocenters. The van der Waals surface area contributed by atoms with Crippen molar-refractivity contribution < 1.29 is 0 Å². The van der Waals surface area contributed by atoms with Crippen LogP contribution < -0.4 is 0 Å². The van der Waals surface area contributed by atoms with E-state index in [4.69, 9.17) is 0 Å². The third kappa shape index (κ3) is 2.88. The highest BCUT2D eigenvalue weighted by molar-refractivity contribution is 5.78. The summed E-state index contributed by atoms with van der Waals surface area (Å²) in [7, 11) is 0. The molecule has 0 spiro atoms. The Kier molecular flexibility index (Phi) is 3.60. The highest BCUT2D eigenvalue weighted by atomic mass is 15.2. The van der Waals surface area contributed by atoms with Crippen molar-refractivity contribution in [1.82, 2.24) is 19.9 Å². The zero-order valence-electron chi connectivity index (χ0n) is 12.6. The highest BCUT2D eigenvalue weighted by Gasteiger charge is 2.23. The molecule has 4 rings (SSSR count). The van der Waals surface area contributed by atoms with Gasteiger partial charge in [0.05, 0.1) is 12.1 Å². The molecular weight excluding hydrogens is 272 g/mol. The summed E-state index contributed by atoms with van der Waals surface area (Å²) in [5.41, 5.74) is 2.43. The fourth-order valence-electron chi connectivity index (χ4n) is 3.38. The van der Waals surface area contributed by atoms with Crippen molar-refractivity contribution in [3.63, 3.8) is 0 Å². The van der Waals surface area contributed by atoms with Crippen molar-refractivity contribution in [3.8, 4) is 0 Å². The molecule has 3 aromatic rings. The number of rotatable bonds is 4. The molecule has 3 heterocycles. The number of H-pyrrole nitrogens is 1. The van der Waals surface area contributed by atoms with E-state index >= 15 is 0 Å². The van der Waals surface area contributed by atoms with Crippen molar-refractivity contribution >= 4 is 10.9 Å². The summed E-state index contributed by atoms with van der Waals surface area (Å²) in [6.45, 7) is 3.24. The fraction of sp³-hybridized carbons (Fsp3) is 0.333. The van der Waals surface area contributed by atoms with E-state index in [1.165, 1.54) is 17.4 Å². The monoisotopic (exact) mass is 292 g/mol. The average Bonchev–Trinajstić information content (AvgIpc) is 3.20. The van der Waals surface area contributed by atoms with Crippen LogP contribution >= 0.6 is 0 Å². The van der Waals surface area contributed by atoms with E-state index in [1.54, 1.807) is 0 Å². The van der Waals surface area contributed by atoms with Crippen LogP contribution in [0.15, 0.2) is 48.9 Å². The van der Waals surface area contributed by atoms with Crippen molar-refractivity contribution in [3.05, 3.63) is 60.3 Å². The zero-order valence-corrected chi connectivity index (χ0v) is 12.6. The molecule has 1 aromatic carbocycles. The molecule has 112 valence electrons. The van der Waals surface area contributed by atoms with Gasteiger partial charge in [0.1, 0.15) is 5.82 Å². The van der Waals surface area contributed by atoms with Crippen molar-refractivity contribution in [2.45, 2.75) is 19.4 Å². The summed E-state index contributed by atoms with van der Waals surface area (Å²) in [5, 5.41) is 1.24. The Labute approximate surface area is 130 Å². The molecule has 1 saturated heterocycles. The number of hydrogen-bond donors (Lipinski definition) is 1. The maximum Gasteiger partial charge on any atom is 0.120 e. The van der Waals surface area contributed by atoms with Crippen LogP contribution in [0.25, 0.3) is 10.9 Å². The minimum absolute atomic E-state index is 0.720. The summed E-state index contributed by atoms with van der Waals surface area (Å²) in [4.78, 5) is 14.6. The first-order valence-corrected chi connectivity index (χ1v) is 7.91. The molecular formula is C18H20N4. The molecule has 4 nitrogen and oxygen atoms in total. The number of hydrogen-bond acceptors (Lipinski definition) is 3. The molecule has 4 heteroatoms. The molecule has 1 N–H and O–H groups in total. The topological polar surface area (TPSA) is 44.8 Å². The third-order valence-electron chi connectivity index (χ3n) is 4.47. The van der Waals surface area contributed by atoms with Gasteiger partial charge in [-0.2, -0.15) is 0 Å². The van der Waals surface area contributed by atoms with E-state index in [0.717, 1.165) is 43.3 Å². The van der Waals surface area contributed by atoms with Gasteiger partial charge in [-0.25, -0.2) is 4.98 Å². The Bertz CT molecular complexity index is 751. The summed E-state index contributed by atoms with van der Waals surface area (Å²) in [6, 6.07) is 10.6. The molecule has 1 fully saturated rings. The molecule has 0 aliphatic carbocycles. The number of para-hydroxylation sites is 1. The van der Waals surface area contributed by atoms with Crippen molar-refractivity contribution in [1.29, 1.82) is 0 Å². The largest absolute Gasteiger partial charge is 0.348 e. The summed E-state index contributed by atoms with van der Waals surface area (Å²) in [6.07, 6.45) is 8.13. The molecule has 2 aromatic heterocycles. The van der Waals surface area contributed by atoms with Gasteiger partial charge in [-0.1, -0.05) is 18.2 Å². The smallest absolute Gasteiger partial charge is 0.120 e. The number of imidazole rings is 1. The number of pyridine rings is 1. The van der Waals surface area contributed by atoms with Crippen LogP contribution in [0, 0.1) is 5.92 Å². The van der Waals surface area contributed by atoms with Gasteiger partial charge in [0.15, 0.2) is 0 Å². The number of aromatic nitrogens is 3. The molecule has 1 aliphatic heterocycles. The molecule has 0 saturated carbocycles. The van der Waals surface area contributed by atoms with Crippen molar-refractivity contribution in [2.24, 2.45) is 5.92 Å². The Morgan fingerprint density at radius 3 is 3.09 bits per heavy atom. The Balaban J connectivity index is 1.40. The van der Waals surface area contributed by atoms with Gasteiger partial charge in [-0.05, 0) is 43.0 Å². The normalized spacial score (nSPS) is 19.0. The van der Waals surface area contributed by atoms with Gasteiger partial charge in [0.25, 0.3) is 0 Å². The second-order valence-electron chi connectivity index (χ2n) is 6.17. The highest BCUT2D eigenvalue weighted by Crippen LogP contribution is 2.23. The molecule has 0 radical (unpaired) electrons. The quantitative estimate of drug-likeness (QED) is 0.804. The average molecular weight is 292 g/mol. The van der Waals surface area contributed by atoms with Crippen LogP contribution in [0.4, 0.5) is 0 Å². The minimum Gasteiger partial charge on any atom is -0.348 e. The lowest BCUT2D eigenvalue weighted by Crippen LogP contribution is -2.21. The van der Waals surface area contributed by atoms with Gasteiger partial charge in [0.2, 0.25) is 0 Å². The third-order valence-corrected chi connectivity index (χ3v) is 4.47. The Morgan fingerprint density at radius 2 is 2.18 bits per heavy atom. The minimum atomic E-state index is 0.720. The molecule has 22 heavy (non-hydrogen) atoms. The number of aromatic amines is 1. The number of nitrogens with one attached hydrogen (secondary N) is 1. The second-order valence-corrected chi connectivity index (χ2v) is 6.17. The molecule has 0 amide bonds. The summed E-state index contributed by atoms with van der Waals surface area (Å²) in [5.74, 6) is 1.78. The van der Waals surface area contributed by atoms with E-state index < -0.39 is 0 Å². The SMILES string of the molecule is c1ccc2ncc(C[C@@H]3CCN(Cc4ncc[nH]4)C3)cc2c1. The molecule has 0 bridgehead atoms. The maximum atomic E-state index is 4.57. The van der Waals surface area contributed by atoms with E-state index in [1.807, 2.05) is 24.7 Å². The Morgan fingerprint density at radius 1 is 1.23 bits per heavy atom. The second kappa shape index (κ2) is 5.89. The lowest BCUT2D eigenvalue weighted by atomic mass is 9.99. The van der Waals surface area contributed by atoms with Crippen LogP contribution in [-0.2, 0) is 13.0 Å². The maximum absolute atomic E-state index is 4.57. The Hall–Kier alpha value is -2.20. The zero-order chi connectivity index (χ0) is 14.8. The van der Waals surface area contributed by atoms with Crippen LogP contribution in [-0.4, -0.2) is 32.9 Å². The van der Waals surface area contributed by atoms with Gasteiger partial charge in [-0.15, -0.1) is 0 Å². The van der Waals surface area contributed by atoms with E-state index in [9.17, 15) is 0 Å².